The van der Waals surface area contributed by atoms with E-state index in [9.17, 15) is 0 Å². The summed E-state index contributed by atoms with van der Waals surface area (Å²) in [6.07, 6.45) is 3.49. The van der Waals surface area contributed by atoms with Gasteiger partial charge in [0.05, 0.1) is 0 Å². The number of hydrogen-bond donors (Lipinski definition) is 2. The molecule has 1 fully saturated rings. The summed E-state index contributed by atoms with van der Waals surface area (Å²) in [6, 6.07) is 10.7. The highest BCUT2D eigenvalue weighted by Gasteiger charge is 2.35. The molecule has 1 aliphatic carbocycles. The molecule has 0 amide bonds. The molecule has 1 saturated carbocycles. The van der Waals surface area contributed by atoms with Crippen molar-refractivity contribution < 1.29 is 0 Å². The Morgan fingerprint density at radius 2 is 2.00 bits per heavy atom. The zero-order valence-electron chi connectivity index (χ0n) is 11.7. The standard InChI is InChI=1S/C16H26N2/c1-3-16(12-17,18-11-15-9-13(15)2)10-14-7-5-4-6-8-14/h4-8,13,15,18H,3,9-12,17H2,1-2H3. The Morgan fingerprint density at radius 1 is 1.33 bits per heavy atom. The molecule has 2 heteroatoms. The first-order chi connectivity index (χ1) is 8.69. The largest absolute Gasteiger partial charge is 0.329 e. The van der Waals surface area contributed by atoms with Gasteiger partial charge in [-0.05, 0) is 43.2 Å². The highest BCUT2D eigenvalue weighted by molar-refractivity contribution is 5.18. The van der Waals surface area contributed by atoms with E-state index in [2.05, 4.69) is 49.5 Å². The van der Waals surface area contributed by atoms with Crippen molar-refractivity contribution in [3.63, 3.8) is 0 Å². The van der Waals surface area contributed by atoms with Crippen LogP contribution < -0.4 is 11.1 Å². The molecule has 3 N–H and O–H groups in total. The molecule has 0 saturated heterocycles. The molecular weight excluding hydrogens is 220 g/mol. The van der Waals surface area contributed by atoms with Crippen LogP contribution in [0.1, 0.15) is 32.3 Å². The molecule has 3 unspecified atom stereocenters. The van der Waals surface area contributed by atoms with E-state index < -0.39 is 0 Å². The number of hydrogen-bond acceptors (Lipinski definition) is 2. The van der Waals surface area contributed by atoms with E-state index in [-0.39, 0.29) is 5.54 Å². The van der Waals surface area contributed by atoms with E-state index in [0.29, 0.717) is 6.54 Å². The molecule has 2 rings (SSSR count). The summed E-state index contributed by atoms with van der Waals surface area (Å²) in [5.41, 5.74) is 7.49. The SMILES string of the molecule is CCC(CN)(Cc1ccccc1)NCC1CC1C. The van der Waals surface area contributed by atoms with Crippen LogP contribution >= 0.6 is 0 Å². The maximum absolute atomic E-state index is 6.04. The van der Waals surface area contributed by atoms with Crippen molar-refractivity contribution in [1.82, 2.24) is 5.32 Å². The van der Waals surface area contributed by atoms with Crippen molar-refractivity contribution in [2.75, 3.05) is 13.1 Å². The molecule has 0 aliphatic heterocycles. The van der Waals surface area contributed by atoms with Gasteiger partial charge in [-0.2, -0.15) is 0 Å². The lowest BCUT2D eigenvalue weighted by Gasteiger charge is -2.33. The van der Waals surface area contributed by atoms with Crippen LogP contribution in [0, 0.1) is 11.8 Å². The summed E-state index contributed by atoms with van der Waals surface area (Å²) in [5, 5.41) is 3.75. The molecule has 1 aliphatic rings. The van der Waals surface area contributed by atoms with Gasteiger partial charge in [0.2, 0.25) is 0 Å². The minimum Gasteiger partial charge on any atom is -0.329 e. The Morgan fingerprint density at radius 3 is 2.50 bits per heavy atom. The molecule has 0 aromatic heterocycles. The van der Waals surface area contributed by atoms with Gasteiger partial charge in [0.25, 0.3) is 0 Å². The van der Waals surface area contributed by atoms with E-state index in [4.69, 9.17) is 5.73 Å². The highest BCUT2D eigenvalue weighted by atomic mass is 15.0. The first kappa shape index (κ1) is 13.6. The average molecular weight is 246 g/mol. The van der Waals surface area contributed by atoms with E-state index in [0.717, 1.165) is 31.2 Å². The fraction of sp³-hybridized carbons (Fsp3) is 0.625. The van der Waals surface area contributed by atoms with Gasteiger partial charge in [-0.3, -0.25) is 0 Å². The fourth-order valence-corrected chi connectivity index (χ4v) is 2.62. The zero-order chi connectivity index (χ0) is 13.0. The van der Waals surface area contributed by atoms with E-state index in [1.807, 2.05) is 0 Å². The third-order valence-electron chi connectivity index (χ3n) is 4.47. The second-order valence-corrected chi connectivity index (χ2v) is 5.85. The van der Waals surface area contributed by atoms with Crippen molar-refractivity contribution in [3.05, 3.63) is 35.9 Å². The molecule has 100 valence electrons. The monoisotopic (exact) mass is 246 g/mol. The van der Waals surface area contributed by atoms with Gasteiger partial charge >= 0.3 is 0 Å². The molecule has 1 aromatic rings. The third-order valence-corrected chi connectivity index (χ3v) is 4.47. The zero-order valence-corrected chi connectivity index (χ0v) is 11.7. The van der Waals surface area contributed by atoms with Crippen LogP contribution in [0.2, 0.25) is 0 Å². The smallest absolute Gasteiger partial charge is 0.0342 e. The summed E-state index contributed by atoms with van der Waals surface area (Å²) in [6.45, 7) is 6.40. The molecule has 1 aromatic carbocycles. The van der Waals surface area contributed by atoms with Crippen LogP contribution in [-0.4, -0.2) is 18.6 Å². The Bertz CT molecular complexity index is 357. The van der Waals surface area contributed by atoms with Crippen LogP contribution in [0.3, 0.4) is 0 Å². The second kappa shape index (κ2) is 5.85. The van der Waals surface area contributed by atoms with Gasteiger partial charge in [-0.1, -0.05) is 44.2 Å². The fourth-order valence-electron chi connectivity index (χ4n) is 2.62. The lowest BCUT2D eigenvalue weighted by atomic mass is 9.88. The van der Waals surface area contributed by atoms with E-state index >= 15 is 0 Å². The molecule has 0 spiro atoms. The number of nitrogens with two attached hydrogens (primary N) is 1. The van der Waals surface area contributed by atoms with Gasteiger partial charge in [0.15, 0.2) is 0 Å². The molecule has 0 radical (unpaired) electrons. The predicted octanol–water partition coefficient (Wildman–Crippen LogP) is 2.58. The van der Waals surface area contributed by atoms with Crippen LogP contribution in [0.4, 0.5) is 0 Å². The van der Waals surface area contributed by atoms with Crippen molar-refractivity contribution >= 4 is 0 Å². The Kier molecular flexibility index (Phi) is 4.41. The number of rotatable bonds is 7. The van der Waals surface area contributed by atoms with E-state index in [1.165, 1.54) is 12.0 Å². The Balaban J connectivity index is 1.96. The van der Waals surface area contributed by atoms with Crippen LogP contribution in [-0.2, 0) is 6.42 Å². The molecular formula is C16H26N2. The third kappa shape index (κ3) is 3.33. The lowest BCUT2D eigenvalue weighted by Crippen LogP contribution is -2.53. The van der Waals surface area contributed by atoms with Crippen molar-refractivity contribution in [1.29, 1.82) is 0 Å². The predicted molar refractivity (Wildman–Crippen MR) is 77.5 cm³/mol. The summed E-state index contributed by atoms with van der Waals surface area (Å²) in [4.78, 5) is 0. The van der Waals surface area contributed by atoms with Crippen LogP contribution in [0.25, 0.3) is 0 Å². The average Bonchev–Trinajstić information content (AvgIpc) is 3.12. The van der Waals surface area contributed by atoms with Gasteiger partial charge in [0.1, 0.15) is 0 Å². The molecule has 0 bridgehead atoms. The Labute approximate surface area is 111 Å². The van der Waals surface area contributed by atoms with Gasteiger partial charge < -0.3 is 11.1 Å². The number of benzene rings is 1. The maximum Gasteiger partial charge on any atom is 0.0342 e. The number of nitrogens with one attached hydrogen (secondary N) is 1. The van der Waals surface area contributed by atoms with Crippen LogP contribution in [0.15, 0.2) is 30.3 Å². The topological polar surface area (TPSA) is 38.0 Å². The molecule has 2 nitrogen and oxygen atoms in total. The van der Waals surface area contributed by atoms with Crippen molar-refractivity contribution in [2.24, 2.45) is 17.6 Å². The first-order valence-corrected chi connectivity index (χ1v) is 7.18. The summed E-state index contributed by atoms with van der Waals surface area (Å²) < 4.78 is 0. The quantitative estimate of drug-likeness (QED) is 0.776. The second-order valence-electron chi connectivity index (χ2n) is 5.85. The lowest BCUT2D eigenvalue weighted by molar-refractivity contribution is 0.311. The summed E-state index contributed by atoms with van der Waals surface area (Å²) in [7, 11) is 0. The Hall–Kier alpha value is -0.860. The molecule has 0 heterocycles. The van der Waals surface area contributed by atoms with Gasteiger partial charge in [0, 0.05) is 12.1 Å². The minimum absolute atomic E-state index is 0.0731. The highest BCUT2D eigenvalue weighted by Crippen LogP contribution is 2.37. The van der Waals surface area contributed by atoms with Crippen LogP contribution in [0.5, 0.6) is 0 Å². The van der Waals surface area contributed by atoms with Gasteiger partial charge in [-0.25, -0.2) is 0 Å². The first-order valence-electron chi connectivity index (χ1n) is 7.18. The van der Waals surface area contributed by atoms with Gasteiger partial charge in [-0.15, -0.1) is 0 Å². The van der Waals surface area contributed by atoms with Crippen molar-refractivity contribution in [2.45, 2.75) is 38.6 Å². The molecule has 3 atom stereocenters. The summed E-state index contributed by atoms with van der Waals surface area (Å²) in [5.74, 6) is 1.78. The minimum atomic E-state index is 0.0731. The van der Waals surface area contributed by atoms with E-state index in [1.54, 1.807) is 0 Å². The van der Waals surface area contributed by atoms with Crippen molar-refractivity contribution in [3.8, 4) is 0 Å². The molecule has 18 heavy (non-hydrogen) atoms. The maximum atomic E-state index is 6.04. The normalized spacial score (nSPS) is 25.7. The summed E-state index contributed by atoms with van der Waals surface area (Å²) >= 11 is 0.